The van der Waals surface area contributed by atoms with E-state index in [1.165, 1.54) is 6.33 Å². The second-order valence-electron chi connectivity index (χ2n) is 5.67. The largest absolute Gasteiger partial charge is 0.376 e. The molecule has 1 saturated heterocycles. The highest BCUT2D eigenvalue weighted by Gasteiger charge is 2.17. The summed E-state index contributed by atoms with van der Waals surface area (Å²) in [6.45, 7) is 5.34. The van der Waals surface area contributed by atoms with Gasteiger partial charge in [-0.3, -0.25) is 4.79 Å². The Bertz CT molecular complexity index is 676. The zero-order valence-corrected chi connectivity index (χ0v) is 13.0. The van der Waals surface area contributed by atoms with Crippen LogP contribution in [0.25, 0.3) is 5.78 Å². The molecule has 0 bridgehead atoms. The van der Waals surface area contributed by atoms with Crippen LogP contribution in [0.3, 0.4) is 0 Å². The van der Waals surface area contributed by atoms with Gasteiger partial charge in [-0.1, -0.05) is 0 Å². The average molecular weight is 303 g/mol. The minimum Gasteiger partial charge on any atom is -0.376 e. The number of rotatable bonds is 5. The van der Waals surface area contributed by atoms with Crippen LogP contribution in [0.2, 0.25) is 0 Å². The Morgan fingerprint density at radius 3 is 3.14 bits per heavy atom. The maximum Gasteiger partial charge on any atom is 0.252 e. The molecule has 0 saturated carbocycles. The van der Waals surface area contributed by atoms with Crippen molar-refractivity contribution in [1.29, 1.82) is 0 Å². The molecule has 0 radical (unpaired) electrons. The van der Waals surface area contributed by atoms with Gasteiger partial charge >= 0.3 is 0 Å². The highest BCUT2D eigenvalue weighted by atomic mass is 16.5. The van der Waals surface area contributed by atoms with Gasteiger partial charge in [-0.05, 0) is 38.7 Å². The Morgan fingerprint density at radius 2 is 2.36 bits per heavy atom. The van der Waals surface area contributed by atoms with Crippen molar-refractivity contribution in [3.05, 3.63) is 23.3 Å². The molecular weight excluding hydrogens is 282 g/mol. The monoisotopic (exact) mass is 303 g/mol. The number of hydrogen-bond donors (Lipinski definition) is 1. The van der Waals surface area contributed by atoms with Crippen LogP contribution in [0.4, 0.5) is 0 Å². The molecule has 3 rings (SSSR count). The third-order valence-electron chi connectivity index (χ3n) is 4.14. The minimum atomic E-state index is 0.0491. The van der Waals surface area contributed by atoms with Crippen molar-refractivity contribution < 1.29 is 9.53 Å². The zero-order chi connectivity index (χ0) is 15.5. The van der Waals surface area contributed by atoms with Gasteiger partial charge in [0.15, 0.2) is 0 Å². The third kappa shape index (κ3) is 3.09. The van der Waals surface area contributed by atoms with E-state index < -0.39 is 0 Å². The Labute approximate surface area is 129 Å². The van der Waals surface area contributed by atoms with Gasteiger partial charge in [-0.25, -0.2) is 9.50 Å². The molecule has 118 valence electrons. The van der Waals surface area contributed by atoms with Gasteiger partial charge in [0.2, 0.25) is 5.91 Å². The molecule has 0 aliphatic carbocycles. The number of aryl methyl sites for hydroxylation is 2. The molecule has 1 N–H and O–H groups in total. The summed E-state index contributed by atoms with van der Waals surface area (Å²) >= 11 is 0. The number of carbonyl (C=O) groups is 1. The van der Waals surface area contributed by atoms with Crippen LogP contribution in [0.15, 0.2) is 6.33 Å². The molecule has 3 heterocycles. The summed E-state index contributed by atoms with van der Waals surface area (Å²) in [4.78, 5) is 20.5. The van der Waals surface area contributed by atoms with E-state index in [4.69, 9.17) is 4.74 Å². The predicted octanol–water partition coefficient (Wildman–Crippen LogP) is 0.969. The van der Waals surface area contributed by atoms with E-state index in [-0.39, 0.29) is 12.0 Å². The Morgan fingerprint density at radius 1 is 1.50 bits per heavy atom. The summed E-state index contributed by atoms with van der Waals surface area (Å²) < 4.78 is 7.22. The second-order valence-corrected chi connectivity index (χ2v) is 5.67. The van der Waals surface area contributed by atoms with Gasteiger partial charge in [0.25, 0.3) is 5.78 Å². The summed E-state index contributed by atoms with van der Waals surface area (Å²) in [5.41, 5.74) is 2.96. The van der Waals surface area contributed by atoms with Crippen molar-refractivity contribution in [2.45, 2.75) is 45.6 Å². The van der Waals surface area contributed by atoms with Crippen LogP contribution in [-0.2, 0) is 16.0 Å². The van der Waals surface area contributed by atoms with E-state index in [1.807, 2.05) is 13.8 Å². The normalized spacial score (nSPS) is 18.0. The lowest BCUT2D eigenvalue weighted by Crippen LogP contribution is -2.32. The number of hydrogen-bond acceptors (Lipinski definition) is 5. The predicted molar refractivity (Wildman–Crippen MR) is 80.6 cm³/mol. The molecule has 1 fully saturated rings. The van der Waals surface area contributed by atoms with Crippen molar-refractivity contribution in [1.82, 2.24) is 24.9 Å². The first-order chi connectivity index (χ1) is 10.6. The first kappa shape index (κ1) is 14.9. The van der Waals surface area contributed by atoms with Gasteiger partial charge in [0.05, 0.1) is 6.10 Å². The van der Waals surface area contributed by atoms with Crippen LogP contribution in [0.5, 0.6) is 0 Å². The maximum atomic E-state index is 12.0. The van der Waals surface area contributed by atoms with E-state index in [0.29, 0.717) is 25.2 Å². The molecule has 2 aromatic heterocycles. The van der Waals surface area contributed by atoms with Gasteiger partial charge in [-0.2, -0.15) is 10.1 Å². The second kappa shape index (κ2) is 6.39. The van der Waals surface area contributed by atoms with E-state index in [1.54, 1.807) is 4.52 Å². The molecule has 7 heteroatoms. The van der Waals surface area contributed by atoms with Gasteiger partial charge < -0.3 is 10.1 Å². The number of carbonyl (C=O) groups excluding carboxylic acids is 1. The smallest absolute Gasteiger partial charge is 0.252 e. The van der Waals surface area contributed by atoms with Crippen LogP contribution >= 0.6 is 0 Å². The number of fused-ring (bicyclic) bond motifs is 1. The highest BCUT2D eigenvalue weighted by molar-refractivity contribution is 5.76. The summed E-state index contributed by atoms with van der Waals surface area (Å²) in [6, 6.07) is 0. The summed E-state index contributed by atoms with van der Waals surface area (Å²) in [7, 11) is 0. The number of ether oxygens (including phenoxy) is 1. The third-order valence-corrected chi connectivity index (χ3v) is 4.14. The van der Waals surface area contributed by atoms with Gasteiger partial charge in [-0.15, -0.1) is 0 Å². The average Bonchev–Trinajstić information content (AvgIpc) is 3.15. The van der Waals surface area contributed by atoms with E-state index in [9.17, 15) is 4.79 Å². The van der Waals surface area contributed by atoms with Gasteiger partial charge in [0, 0.05) is 31.0 Å². The first-order valence-electron chi connectivity index (χ1n) is 7.69. The quantitative estimate of drug-likeness (QED) is 0.890. The lowest BCUT2D eigenvalue weighted by molar-refractivity contribution is -0.121. The van der Waals surface area contributed by atoms with Crippen LogP contribution in [-0.4, -0.2) is 44.7 Å². The van der Waals surface area contributed by atoms with Crippen molar-refractivity contribution in [2.24, 2.45) is 0 Å². The number of nitrogens with one attached hydrogen (secondary N) is 1. The van der Waals surface area contributed by atoms with E-state index in [2.05, 4.69) is 20.4 Å². The molecular formula is C15H21N5O2. The summed E-state index contributed by atoms with van der Waals surface area (Å²) in [6.07, 6.45) is 4.88. The Hall–Kier alpha value is -2.02. The number of aromatic nitrogens is 4. The number of amides is 1. The Kier molecular flexibility index (Phi) is 4.33. The zero-order valence-electron chi connectivity index (χ0n) is 13.0. The van der Waals surface area contributed by atoms with Crippen molar-refractivity contribution in [2.75, 3.05) is 13.2 Å². The molecule has 22 heavy (non-hydrogen) atoms. The molecule has 0 unspecified atom stereocenters. The molecule has 1 aliphatic heterocycles. The lowest BCUT2D eigenvalue weighted by Gasteiger charge is -2.12. The highest BCUT2D eigenvalue weighted by Crippen LogP contribution is 2.15. The summed E-state index contributed by atoms with van der Waals surface area (Å²) in [5, 5.41) is 7.11. The fourth-order valence-corrected chi connectivity index (χ4v) is 2.88. The number of nitrogens with zero attached hydrogens (tertiary/aromatic N) is 4. The van der Waals surface area contributed by atoms with E-state index >= 15 is 0 Å². The van der Waals surface area contributed by atoms with Crippen molar-refractivity contribution >= 4 is 11.7 Å². The SMILES string of the molecule is Cc1nc2ncnn2c(C)c1CCC(=O)NC[C@@H]1CCCO1. The van der Waals surface area contributed by atoms with Gasteiger partial charge in [0.1, 0.15) is 6.33 Å². The molecule has 1 atom stereocenters. The van der Waals surface area contributed by atoms with Crippen LogP contribution in [0.1, 0.15) is 36.2 Å². The molecule has 2 aromatic rings. The lowest BCUT2D eigenvalue weighted by atomic mass is 10.1. The molecule has 1 amide bonds. The topological polar surface area (TPSA) is 81.4 Å². The molecule has 7 nitrogen and oxygen atoms in total. The molecule has 0 spiro atoms. The van der Waals surface area contributed by atoms with Crippen LogP contribution in [0, 0.1) is 13.8 Å². The molecule has 0 aromatic carbocycles. The summed E-state index contributed by atoms with van der Waals surface area (Å²) in [5.74, 6) is 0.648. The maximum absolute atomic E-state index is 12.0. The Balaban J connectivity index is 1.59. The first-order valence-corrected chi connectivity index (χ1v) is 7.69. The van der Waals surface area contributed by atoms with Crippen molar-refractivity contribution in [3.63, 3.8) is 0 Å². The van der Waals surface area contributed by atoms with E-state index in [0.717, 1.165) is 36.4 Å². The minimum absolute atomic E-state index is 0.0491. The fraction of sp³-hybridized carbons (Fsp3) is 0.600. The molecule has 1 aliphatic rings. The van der Waals surface area contributed by atoms with Crippen LogP contribution < -0.4 is 5.32 Å². The standard InChI is InChI=1S/C15H21N5O2/c1-10-13(11(2)20-15(19-10)17-9-18-20)5-6-14(21)16-8-12-4-3-7-22-12/h9,12H,3-8H2,1-2H3,(H,16,21)/t12-/m0/s1. The fourth-order valence-electron chi connectivity index (χ4n) is 2.88. The van der Waals surface area contributed by atoms with Crippen molar-refractivity contribution in [3.8, 4) is 0 Å².